The van der Waals surface area contributed by atoms with E-state index in [0.29, 0.717) is 46.0 Å². The maximum Gasteiger partial charge on any atom is 0.417 e. The number of hydrogen-bond acceptors (Lipinski definition) is 3. The van der Waals surface area contributed by atoms with Crippen molar-refractivity contribution in [2.24, 2.45) is 11.8 Å². The molecule has 0 aliphatic carbocycles. The minimum absolute atomic E-state index is 0.0459. The van der Waals surface area contributed by atoms with E-state index in [1.165, 1.54) is 12.1 Å². The topological polar surface area (TPSA) is 43.8 Å². The van der Waals surface area contributed by atoms with Gasteiger partial charge in [0.1, 0.15) is 0 Å². The maximum atomic E-state index is 13.5. The summed E-state index contributed by atoms with van der Waals surface area (Å²) in [6, 6.07) is 14.6. The van der Waals surface area contributed by atoms with Gasteiger partial charge in [0, 0.05) is 37.8 Å². The highest BCUT2D eigenvalue weighted by Crippen LogP contribution is 2.37. The molecule has 3 aromatic carbocycles. The lowest BCUT2D eigenvalue weighted by molar-refractivity contribution is -0.136. The van der Waals surface area contributed by atoms with Gasteiger partial charge in [-0.05, 0) is 84.7 Å². The summed E-state index contributed by atoms with van der Waals surface area (Å²) in [5, 5.41) is 11.6. The Morgan fingerprint density at radius 2 is 1.62 bits per heavy atom. The molecule has 4 nitrogen and oxygen atoms in total. The van der Waals surface area contributed by atoms with E-state index in [2.05, 4.69) is 4.90 Å². The summed E-state index contributed by atoms with van der Waals surface area (Å²) in [5.41, 5.74) is 0.693. The molecule has 0 aromatic heterocycles. The van der Waals surface area contributed by atoms with Crippen molar-refractivity contribution in [3.05, 3.63) is 81.3 Å². The van der Waals surface area contributed by atoms with Gasteiger partial charge in [-0.1, -0.05) is 53.5 Å². The molecule has 1 unspecified atom stereocenters. The average Bonchev–Trinajstić information content (AvgIpc) is 2.94. The molecule has 1 amide bonds. The SMILES string of the molecule is O=C(c1ccc(C(F)(F)F)c2ccccc12)N1CCC(N2CCC(Cc3ccc(Cl)c(Cl)c3)[C@H](CO)C2)CC1. The molecule has 1 N–H and O–H groups in total. The van der Waals surface area contributed by atoms with Crippen LogP contribution in [0.3, 0.4) is 0 Å². The van der Waals surface area contributed by atoms with Crippen molar-refractivity contribution < 1.29 is 23.1 Å². The number of halogens is 5. The van der Waals surface area contributed by atoms with Gasteiger partial charge in [0.25, 0.3) is 5.91 Å². The molecule has 0 bridgehead atoms. The van der Waals surface area contributed by atoms with Crippen LogP contribution >= 0.6 is 23.2 Å². The van der Waals surface area contributed by atoms with E-state index in [1.807, 2.05) is 18.2 Å². The first-order valence-corrected chi connectivity index (χ1v) is 14.1. The third kappa shape index (κ3) is 6.07. The van der Waals surface area contributed by atoms with Gasteiger partial charge in [-0.3, -0.25) is 9.69 Å². The van der Waals surface area contributed by atoms with Gasteiger partial charge in [0.15, 0.2) is 0 Å². The average molecular weight is 579 g/mol. The van der Waals surface area contributed by atoms with E-state index < -0.39 is 11.7 Å². The number of piperidine rings is 2. The number of amides is 1. The molecule has 39 heavy (non-hydrogen) atoms. The molecule has 5 rings (SSSR count). The van der Waals surface area contributed by atoms with Crippen LogP contribution in [0, 0.1) is 11.8 Å². The molecule has 2 fully saturated rings. The van der Waals surface area contributed by atoms with Crippen LogP contribution < -0.4 is 0 Å². The summed E-state index contributed by atoms with van der Waals surface area (Å²) in [5.74, 6) is 0.261. The molecule has 0 saturated carbocycles. The minimum atomic E-state index is -4.48. The predicted octanol–water partition coefficient (Wildman–Crippen LogP) is 6.94. The summed E-state index contributed by atoms with van der Waals surface area (Å²) in [4.78, 5) is 17.6. The van der Waals surface area contributed by atoms with Crippen LogP contribution in [-0.2, 0) is 12.6 Å². The summed E-state index contributed by atoms with van der Waals surface area (Å²) < 4.78 is 40.5. The van der Waals surface area contributed by atoms with Gasteiger partial charge in [0.2, 0.25) is 0 Å². The van der Waals surface area contributed by atoms with Crippen LogP contribution in [0.1, 0.15) is 40.7 Å². The van der Waals surface area contributed by atoms with Crippen molar-refractivity contribution in [1.29, 1.82) is 0 Å². The Hall–Kier alpha value is -2.32. The van der Waals surface area contributed by atoms with E-state index in [4.69, 9.17) is 23.2 Å². The van der Waals surface area contributed by atoms with E-state index in [-0.39, 0.29) is 23.8 Å². The smallest absolute Gasteiger partial charge is 0.396 e. The Morgan fingerprint density at radius 3 is 2.28 bits per heavy atom. The fourth-order valence-electron chi connectivity index (χ4n) is 6.22. The number of alkyl halides is 3. The van der Waals surface area contributed by atoms with Gasteiger partial charge in [-0.2, -0.15) is 13.2 Å². The number of likely N-dealkylation sites (tertiary alicyclic amines) is 2. The first kappa shape index (κ1) is 28.2. The van der Waals surface area contributed by atoms with Crippen LogP contribution in [0.2, 0.25) is 10.0 Å². The number of rotatable bonds is 5. The summed E-state index contributed by atoms with van der Waals surface area (Å²) in [6.07, 6.45) is -1.10. The Balaban J connectivity index is 1.21. The molecule has 2 saturated heterocycles. The number of carbonyl (C=O) groups is 1. The largest absolute Gasteiger partial charge is 0.417 e. The van der Waals surface area contributed by atoms with Crippen LogP contribution in [0.4, 0.5) is 13.2 Å². The second-order valence-electron chi connectivity index (χ2n) is 10.7. The van der Waals surface area contributed by atoms with Crippen molar-refractivity contribution in [2.45, 2.75) is 37.9 Å². The van der Waals surface area contributed by atoms with Gasteiger partial charge in [-0.25, -0.2) is 0 Å². The summed E-state index contributed by atoms with van der Waals surface area (Å²) in [7, 11) is 0. The lowest BCUT2D eigenvalue weighted by Crippen LogP contribution is -2.52. The second-order valence-corrected chi connectivity index (χ2v) is 11.5. The molecular formula is C30H31Cl2F3N2O2. The Labute approximate surface area is 236 Å². The third-order valence-electron chi connectivity index (χ3n) is 8.37. The van der Waals surface area contributed by atoms with Crippen molar-refractivity contribution in [2.75, 3.05) is 32.8 Å². The van der Waals surface area contributed by atoms with E-state index in [1.54, 1.807) is 23.1 Å². The zero-order valence-corrected chi connectivity index (χ0v) is 22.9. The standard InChI is InChI=1S/C30H31Cl2F3N2O2/c31-27-8-5-19(16-28(27)32)15-20-9-12-37(17-21(20)18-38)22-10-13-36(14-11-22)29(39)25-6-7-26(30(33,34)35)24-4-2-1-3-23(24)25/h1-8,16,20-22,38H,9-15,17-18H2/t20?,21-/m0/s1. The van der Waals surface area contributed by atoms with Gasteiger partial charge < -0.3 is 10.0 Å². The fourth-order valence-corrected chi connectivity index (χ4v) is 6.54. The number of aliphatic hydroxyl groups is 1. The first-order valence-electron chi connectivity index (χ1n) is 13.3. The molecule has 0 radical (unpaired) electrons. The van der Waals surface area contributed by atoms with E-state index in [9.17, 15) is 23.1 Å². The summed E-state index contributed by atoms with van der Waals surface area (Å²) >= 11 is 12.2. The van der Waals surface area contributed by atoms with Crippen LogP contribution in [0.15, 0.2) is 54.6 Å². The molecule has 2 atom stereocenters. The van der Waals surface area contributed by atoms with E-state index >= 15 is 0 Å². The maximum absolute atomic E-state index is 13.5. The Morgan fingerprint density at radius 1 is 0.897 bits per heavy atom. The number of benzene rings is 3. The van der Waals surface area contributed by atoms with Gasteiger partial charge >= 0.3 is 6.18 Å². The zero-order chi connectivity index (χ0) is 27.7. The van der Waals surface area contributed by atoms with Gasteiger partial charge in [-0.15, -0.1) is 0 Å². The Bertz CT molecular complexity index is 1340. The van der Waals surface area contributed by atoms with Crippen molar-refractivity contribution >= 4 is 39.9 Å². The van der Waals surface area contributed by atoms with Crippen molar-refractivity contribution in [1.82, 2.24) is 9.80 Å². The third-order valence-corrected chi connectivity index (χ3v) is 9.11. The number of carbonyl (C=O) groups excluding carboxylic acids is 1. The lowest BCUT2D eigenvalue weighted by Gasteiger charge is -2.44. The normalized spacial score (nSPS) is 21.4. The van der Waals surface area contributed by atoms with Crippen molar-refractivity contribution in [3.63, 3.8) is 0 Å². The second kappa shape index (κ2) is 11.7. The summed E-state index contributed by atoms with van der Waals surface area (Å²) in [6.45, 7) is 2.92. The van der Waals surface area contributed by atoms with Gasteiger partial charge in [0.05, 0.1) is 15.6 Å². The highest BCUT2D eigenvalue weighted by atomic mass is 35.5. The lowest BCUT2D eigenvalue weighted by atomic mass is 9.80. The monoisotopic (exact) mass is 578 g/mol. The molecule has 2 aliphatic heterocycles. The molecule has 3 aromatic rings. The predicted molar refractivity (Wildman–Crippen MR) is 148 cm³/mol. The number of nitrogens with zero attached hydrogens (tertiary/aromatic N) is 2. The molecule has 2 heterocycles. The van der Waals surface area contributed by atoms with E-state index in [0.717, 1.165) is 50.4 Å². The number of hydrogen-bond donors (Lipinski definition) is 1. The number of aliphatic hydroxyl groups excluding tert-OH is 1. The highest BCUT2D eigenvalue weighted by Gasteiger charge is 2.36. The van der Waals surface area contributed by atoms with Crippen LogP contribution in [0.5, 0.6) is 0 Å². The molecule has 9 heteroatoms. The van der Waals surface area contributed by atoms with Crippen LogP contribution in [0.25, 0.3) is 10.8 Å². The van der Waals surface area contributed by atoms with Crippen LogP contribution in [-0.4, -0.2) is 59.6 Å². The molecule has 2 aliphatic rings. The minimum Gasteiger partial charge on any atom is -0.396 e. The molecular weight excluding hydrogens is 548 g/mol. The zero-order valence-electron chi connectivity index (χ0n) is 21.4. The first-order chi connectivity index (χ1) is 18.7. The fraction of sp³-hybridized carbons (Fsp3) is 0.433. The number of fused-ring (bicyclic) bond motifs is 1. The Kier molecular flexibility index (Phi) is 8.43. The quantitative estimate of drug-likeness (QED) is 0.356. The molecule has 0 spiro atoms. The van der Waals surface area contributed by atoms with Crippen molar-refractivity contribution in [3.8, 4) is 0 Å². The molecule has 208 valence electrons. The highest BCUT2D eigenvalue weighted by molar-refractivity contribution is 6.42.